The van der Waals surface area contributed by atoms with Crippen molar-refractivity contribution < 1.29 is 13.6 Å². The largest absolute Gasteiger partial charge is 0.347 e. The van der Waals surface area contributed by atoms with E-state index in [4.69, 9.17) is 0 Å². The third-order valence-corrected chi connectivity index (χ3v) is 2.04. The van der Waals surface area contributed by atoms with E-state index in [1.165, 1.54) is 0 Å². The summed E-state index contributed by atoms with van der Waals surface area (Å²) in [6.45, 7) is 3.27. The van der Waals surface area contributed by atoms with E-state index in [1.807, 2.05) is 6.92 Å². The van der Waals surface area contributed by atoms with E-state index >= 15 is 0 Å². The Morgan fingerprint density at radius 2 is 2.25 bits per heavy atom. The topological polar surface area (TPSA) is 41.1 Å². The molecule has 0 radical (unpaired) electrons. The molecule has 3 nitrogen and oxygen atoms in total. The third-order valence-electron chi connectivity index (χ3n) is 2.04. The Bertz CT molecular complexity index is 175. The van der Waals surface area contributed by atoms with Gasteiger partial charge >= 0.3 is 6.43 Å². The van der Waals surface area contributed by atoms with Crippen molar-refractivity contribution in [2.75, 3.05) is 13.1 Å². The molecule has 5 heteroatoms. The van der Waals surface area contributed by atoms with Crippen molar-refractivity contribution in [2.24, 2.45) is 5.92 Å². The normalized spacial score (nSPS) is 29.3. The van der Waals surface area contributed by atoms with Crippen LogP contribution in [0.15, 0.2) is 0 Å². The lowest BCUT2D eigenvalue weighted by atomic mass is 10.1. The van der Waals surface area contributed by atoms with Gasteiger partial charge in [0, 0.05) is 12.6 Å². The molecule has 2 atom stereocenters. The minimum atomic E-state index is -2.90. The van der Waals surface area contributed by atoms with Crippen LogP contribution in [0.3, 0.4) is 0 Å². The van der Waals surface area contributed by atoms with E-state index < -0.39 is 12.3 Å². The van der Waals surface area contributed by atoms with Crippen LogP contribution in [0, 0.1) is 5.92 Å². The maximum absolute atomic E-state index is 11.8. The molecule has 2 N–H and O–H groups in total. The number of halogens is 2. The van der Waals surface area contributed by atoms with Crippen molar-refractivity contribution in [3.8, 4) is 0 Å². The second kappa shape index (κ2) is 3.80. The summed E-state index contributed by atoms with van der Waals surface area (Å²) in [6.07, 6.45) is -2.90. The Hall–Kier alpha value is -0.710. The lowest BCUT2D eigenvalue weighted by molar-refractivity contribution is -0.132. The highest BCUT2D eigenvalue weighted by Gasteiger charge is 2.27. The first-order valence-corrected chi connectivity index (χ1v) is 3.90. The zero-order valence-electron chi connectivity index (χ0n) is 6.81. The minimum absolute atomic E-state index is 0.147. The average molecular weight is 178 g/mol. The van der Waals surface area contributed by atoms with Crippen LogP contribution >= 0.6 is 0 Å². The molecule has 12 heavy (non-hydrogen) atoms. The third kappa shape index (κ3) is 2.14. The summed E-state index contributed by atoms with van der Waals surface area (Å²) < 4.78 is 23.6. The van der Waals surface area contributed by atoms with E-state index in [-0.39, 0.29) is 12.0 Å². The summed E-state index contributed by atoms with van der Waals surface area (Å²) >= 11 is 0. The number of amides is 1. The smallest absolute Gasteiger partial charge is 0.315 e. The quantitative estimate of drug-likeness (QED) is 0.623. The summed E-state index contributed by atoms with van der Waals surface area (Å²) in [7, 11) is 0. The number of hydrogen-bond donors (Lipinski definition) is 2. The molecule has 1 amide bonds. The molecule has 2 unspecified atom stereocenters. The number of alkyl halides is 2. The fraction of sp³-hybridized carbons (Fsp3) is 0.857. The number of rotatable bonds is 2. The lowest BCUT2D eigenvalue weighted by Gasteiger charge is -2.15. The van der Waals surface area contributed by atoms with E-state index in [2.05, 4.69) is 10.6 Å². The van der Waals surface area contributed by atoms with Gasteiger partial charge in [0.2, 0.25) is 0 Å². The minimum Gasteiger partial charge on any atom is -0.347 e. The molecule has 0 bridgehead atoms. The van der Waals surface area contributed by atoms with Crippen molar-refractivity contribution >= 4 is 5.91 Å². The maximum Gasteiger partial charge on any atom is 0.315 e. The zero-order chi connectivity index (χ0) is 9.14. The Morgan fingerprint density at radius 1 is 1.58 bits per heavy atom. The van der Waals surface area contributed by atoms with Gasteiger partial charge in [0.25, 0.3) is 5.91 Å². The van der Waals surface area contributed by atoms with Crippen molar-refractivity contribution in [3.05, 3.63) is 0 Å². The van der Waals surface area contributed by atoms with Gasteiger partial charge in [-0.05, 0) is 12.5 Å². The predicted molar refractivity (Wildman–Crippen MR) is 40.0 cm³/mol. The standard InChI is InChI=1S/C7H12F2N2O/c1-4-2-10-3-5(4)11-7(12)6(8)9/h4-6,10H,2-3H2,1H3,(H,11,12). The van der Waals surface area contributed by atoms with Gasteiger partial charge in [-0.15, -0.1) is 0 Å². The van der Waals surface area contributed by atoms with E-state index in [0.29, 0.717) is 6.54 Å². The first kappa shape index (κ1) is 9.38. The molecule has 70 valence electrons. The maximum atomic E-state index is 11.8. The molecule has 0 aliphatic carbocycles. The number of carbonyl (C=O) groups is 1. The van der Waals surface area contributed by atoms with Crippen molar-refractivity contribution in [1.82, 2.24) is 10.6 Å². The molecule has 1 aliphatic heterocycles. The molecule has 1 aliphatic rings. The van der Waals surface area contributed by atoms with Gasteiger partial charge in [0.1, 0.15) is 0 Å². The molecule has 0 aromatic heterocycles. The molecular weight excluding hydrogens is 166 g/mol. The number of hydrogen-bond acceptors (Lipinski definition) is 2. The molecule has 1 heterocycles. The van der Waals surface area contributed by atoms with Gasteiger partial charge in [0.05, 0.1) is 0 Å². The molecular formula is C7H12F2N2O. The molecule has 1 saturated heterocycles. The van der Waals surface area contributed by atoms with Gasteiger partial charge in [-0.3, -0.25) is 4.79 Å². The SMILES string of the molecule is CC1CNCC1NC(=O)C(F)F. The Balaban J connectivity index is 2.35. The summed E-state index contributed by atoms with van der Waals surface area (Å²) in [5, 5.41) is 5.28. The second-order valence-corrected chi connectivity index (χ2v) is 3.05. The van der Waals surface area contributed by atoms with Crippen LogP contribution < -0.4 is 10.6 Å². The summed E-state index contributed by atoms with van der Waals surface area (Å²) in [5.74, 6) is -0.941. The number of nitrogens with one attached hydrogen (secondary N) is 2. The molecule has 0 spiro atoms. The average Bonchev–Trinajstić information content (AvgIpc) is 2.36. The summed E-state index contributed by atoms with van der Waals surface area (Å²) in [6, 6.07) is -0.147. The highest BCUT2D eigenvalue weighted by atomic mass is 19.3. The van der Waals surface area contributed by atoms with E-state index in [1.54, 1.807) is 0 Å². The van der Waals surface area contributed by atoms with Gasteiger partial charge in [-0.1, -0.05) is 6.92 Å². The summed E-state index contributed by atoms with van der Waals surface area (Å²) in [4.78, 5) is 10.6. The van der Waals surface area contributed by atoms with E-state index in [0.717, 1.165) is 6.54 Å². The zero-order valence-corrected chi connectivity index (χ0v) is 6.81. The van der Waals surface area contributed by atoms with Crippen LogP contribution in [0.1, 0.15) is 6.92 Å². The van der Waals surface area contributed by atoms with Crippen molar-refractivity contribution in [1.29, 1.82) is 0 Å². The molecule has 0 aromatic rings. The van der Waals surface area contributed by atoms with Crippen LogP contribution in [-0.2, 0) is 4.79 Å². The van der Waals surface area contributed by atoms with Gasteiger partial charge in [-0.2, -0.15) is 8.78 Å². The summed E-state index contributed by atoms with van der Waals surface area (Å²) in [5.41, 5.74) is 0. The van der Waals surface area contributed by atoms with Crippen LogP contribution in [0.5, 0.6) is 0 Å². The van der Waals surface area contributed by atoms with Gasteiger partial charge in [-0.25, -0.2) is 0 Å². The highest BCUT2D eigenvalue weighted by Crippen LogP contribution is 2.07. The van der Waals surface area contributed by atoms with Crippen LogP contribution in [-0.4, -0.2) is 31.5 Å². The first-order chi connectivity index (χ1) is 5.61. The van der Waals surface area contributed by atoms with Crippen LogP contribution in [0.2, 0.25) is 0 Å². The Kier molecular flexibility index (Phi) is 2.97. The van der Waals surface area contributed by atoms with Crippen molar-refractivity contribution in [3.63, 3.8) is 0 Å². The van der Waals surface area contributed by atoms with Crippen LogP contribution in [0.25, 0.3) is 0 Å². The fourth-order valence-electron chi connectivity index (χ4n) is 1.25. The van der Waals surface area contributed by atoms with Gasteiger partial charge < -0.3 is 10.6 Å². The lowest BCUT2D eigenvalue weighted by Crippen LogP contribution is -2.42. The van der Waals surface area contributed by atoms with Gasteiger partial charge in [0.15, 0.2) is 0 Å². The molecule has 0 aromatic carbocycles. The monoisotopic (exact) mass is 178 g/mol. The molecule has 1 fully saturated rings. The van der Waals surface area contributed by atoms with E-state index in [9.17, 15) is 13.6 Å². The van der Waals surface area contributed by atoms with Crippen LogP contribution in [0.4, 0.5) is 8.78 Å². The highest BCUT2D eigenvalue weighted by molar-refractivity contribution is 5.79. The Morgan fingerprint density at radius 3 is 2.67 bits per heavy atom. The Labute approximate surface area is 69.5 Å². The predicted octanol–water partition coefficient (Wildman–Crippen LogP) is -0.0244. The molecule has 0 saturated carbocycles. The number of carbonyl (C=O) groups excluding carboxylic acids is 1. The molecule has 1 rings (SSSR count). The fourth-order valence-corrected chi connectivity index (χ4v) is 1.25. The second-order valence-electron chi connectivity index (χ2n) is 3.05. The first-order valence-electron chi connectivity index (χ1n) is 3.90. The van der Waals surface area contributed by atoms with Crippen molar-refractivity contribution in [2.45, 2.75) is 19.4 Å².